The summed E-state index contributed by atoms with van der Waals surface area (Å²) in [7, 11) is 0. The lowest BCUT2D eigenvalue weighted by Crippen LogP contribution is -2.29. The number of thiazole rings is 1. The molecule has 1 saturated heterocycles. The fourth-order valence-electron chi connectivity index (χ4n) is 4.52. The molecule has 162 valence electrons. The predicted molar refractivity (Wildman–Crippen MR) is 130 cm³/mol. The van der Waals surface area contributed by atoms with Crippen LogP contribution in [0.5, 0.6) is 0 Å². The van der Waals surface area contributed by atoms with E-state index in [1.807, 2.05) is 30.5 Å². The molecule has 0 atom stereocenters. The standard InChI is InChI=1S/C24H28ClN5S/c25-18-9-7-8-17(16-18)21-22(31-24(29-21)30-14-5-2-6-15-30)20-12-13-26-23(28-20)27-19-10-3-1-4-11-19/h7-9,12-13,16,19H,1-6,10-11,14-15H2,(H,26,27,28). The second-order valence-corrected chi connectivity index (χ2v) is 9.89. The molecule has 1 N–H and O–H groups in total. The highest BCUT2D eigenvalue weighted by Gasteiger charge is 2.22. The molecule has 1 aliphatic carbocycles. The lowest BCUT2D eigenvalue weighted by molar-refractivity contribution is 0.461. The maximum atomic E-state index is 6.31. The van der Waals surface area contributed by atoms with E-state index in [0.717, 1.165) is 51.0 Å². The summed E-state index contributed by atoms with van der Waals surface area (Å²) in [5.41, 5.74) is 2.90. The van der Waals surface area contributed by atoms with Gasteiger partial charge in [0.15, 0.2) is 5.13 Å². The van der Waals surface area contributed by atoms with Crippen LogP contribution in [0, 0.1) is 0 Å². The number of benzene rings is 1. The number of hydrogen-bond acceptors (Lipinski definition) is 6. The first-order valence-electron chi connectivity index (χ1n) is 11.4. The van der Waals surface area contributed by atoms with Crippen molar-refractivity contribution in [2.75, 3.05) is 23.3 Å². The van der Waals surface area contributed by atoms with Gasteiger partial charge in [-0.3, -0.25) is 0 Å². The highest BCUT2D eigenvalue weighted by molar-refractivity contribution is 7.19. The number of rotatable bonds is 5. The van der Waals surface area contributed by atoms with Gasteiger partial charge in [0.1, 0.15) is 0 Å². The maximum absolute atomic E-state index is 6.31. The van der Waals surface area contributed by atoms with Gasteiger partial charge in [0.25, 0.3) is 0 Å². The lowest BCUT2D eigenvalue weighted by atomic mass is 9.96. The zero-order chi connectivity index (χ0) is 21.0. The van der Waals surface area contributed by atoms with Gasteiger partial charge in [-0.05, 0) is 50.3 Å². The average Bonchev–Trinajstić information content (AvgIpc) is 3.26. The molecule has 0 unspecified atom stereocenters. The van der Waals surface area contributed by atoms with Crippen molar-refractivity contribution >= 4 is 34.0 Å². The first-order valence-corrected chi connectivity index (χ1v) is 12.6. The molecule has 1 saturated carbocycles. The molecule has 5 nitrogen and oxygen atoms in total. The molecule has 2 fully saturated rings. The van der Waals surface area contributed by atoms with Crippen molar-refractivity contribution < 1.29 is 0 Å². The van der Waals surface area contributed by atoms with E-state index in [4.69, 9.17) is 21.6 Å². The Balaban J connectivity index is 1.51. The smallest absolute Gasteiger partial charge is 0.223 e. The second-order valence-electron chi connectivity index (χ2n) is 8.48. The van der Waals surface area contributed by atoms with Gasteiger partial charge < -0.3 is 10.2 Å². The number of aromatic nitrogens is 3. The maximum Gasteiger partial charge on any atom is 0.223 e. The van der Waals surface area contributed by atoms with Crippen molar-refractivity contribution in [3.8, 4) is 21.8 Å². The number of nitrogens with zero attached hydrogens (tertiary/aromatic N) is 4. The van der Waals surface area contributed by atoms with Crippen LogP contribution < -0.4 is 10.2 Å². The zero-order valence-corrected chi connectivity index (χ0v) is 19.3. The van der Waals surface area contributed by atoms with Crippen LogP contribution in [-0.4, -0.2) is 34.1 Å². The molecular formula is C24H28ClN5S. The normalized spacial score (nSPS) is 17.6. The summed E-state index contributed by atoms with van der Waals surface area (Å²) >= 11 is 8.04. The van der Waals surface area contributed by atoms with Gasteiger partial charge in [-0.2, -0.15) is 0 Å². The van der Waals surface area contributed by atoms with E-state index in [0.29, 0.717) is 6.04 Å². The van der Waals surface area contributed by atoms with Crippen LogP contribution in [0.15, 0.2) is 36.5 Å². The molecule has 0 radical (unpaired) electrons. The third-order valence-electron chi connectivity index (χ3n) is 6.17. The molecule has 7 heteroatoms. The summed E-state index contributed by atoms with van der Waals surface area (Å²) in [4.78, 5) is 18.0. The summed E-state index contributed by atoms with van der Waals surface area (Å²) in [6.07, 6.45) is 11.9. The van der Waals surface area contributed by atoms with E-state index < -0.39 is 0 Å². The molecule has 0 amide bonds. The predicted octanol–water partition coefficient (Wildman–Crippen LogP) is 6.66. The van der Waals surface area contributed by atoms with Crippen molar-refractivity contribution in [3.05, 3.63) is 41.6 Å². The number of halogens is 1. The molecule has 2 aliphatic rings. The van der Waals surface area contributed by atoms with Gasteiger partial charge in [0.2, 0.25) is 5.95 Å². The largest absolute Gasteiger partial charge is 0.351 e. The van der Waals surface area contributed by atoms with Crippen molar-refractivity contribution in [3.63, 3.8) is 0 Å². The van der Waals surface area contributed by atoms with Crippen LogP contribution in [0.1, 0.15) is 51.4 Å². The van der Waals surface area contributed by atoms with Gasteiger partial charge in [0.05, 0.1) is 16.3 Å². The number of nitrogens with one attached hydrogen (secondary N) is 1. The first kappa shape index (κ1) is 20.7. The van der Waals surface area contributed by atoms with E-state index in [1.165, 1.54) is 51.4 Å². The van der Waals surface area contributed by atoms with E-state index in [-0.39, 0.29) is 0 Å². The summed E-state index contributed by atoms with van der Waals surface area (Å²) in [5, 5.41) is 5.35. The fraction of sp³-hybridized carbons (Fsp3) is 0.458. The van der Waals surface area contributed by atoms with E-state index in [1.54, 1.807) is 11.3 Å². The molecule has 2 aromatic heterocycles. The monoisotopic (exact) mass is 453 g/mol. The third-order valence-corrected chi connectivity index (χ3v) is 7.54. The Morgan fingerprint density at radius 3 is 2.58 bits per heavy atom. The number of anilines is 2. The van der Waals surface area contributed by atoms with Crippen LogP contribution in [0.25, 0.3) is 21.8 Å². The molecule has 5 rings (SSSR count). The zero-order valence-electron chi connectivity index (χ0n) is 17.7. The molecule has 3 heterocycles. The Bertz CT molecular complexity index is 1020. The van der Waals surface area contributed by atoms with E-state index >= 15 is 0 Å². The molecule has 31 heavy (non-hydrogen) atoms. The highest BCUT2D eigenvalue weighted by atomic mass is 35.5. The molecule has 0 spiro atoms. The van der Waals surface area contributed by atoms with E-state index in [9.17, 15) is 0 Å². The van der Waals surface area contributed by atoms with Crippen LogP contribution in [0.3, 0.4) is 0 Å². The van der Waals surface area contributed by atoms with E-state index in [2.05, 4.69) is 21.3 Å². The average molecular weight is 454 g/mol. The Morgan fingerprint density at radius 2 is 1.77 bits per heavy atom. The van der Waals surface area contributed by atoms with Crippen LogP contribution in [0.2, 0.25) is 5.02 Å². The van der Waals surface area contributed by atoms with Crippen molar-refractivity contribution in [1.82, 2.24) is 15.0 Å². The van der Waals surface area contributed by atoms with Gasteiger partial charge >= 0.3 is 0 Å². The van der Waals surface area contributed by atoms with Crippen LogP contribution >= 0.6 is 22.9 Å². The van der Waals surface area contributed by atoms with Crippen LogP contribution in [0.4, 0.5) is 11.1 Å². The molecule has 3 aromatic rings. The number of piperidine rings is 1. The Labute approximate surface area is 192 Å². The van der Waals surface area contributed by atoms with Gasteiger partial charge in [-0.1, -0.05) is 54.3 Å². The third kappa shape index (κ3) is 4.85. The summed E-state index contributed by atoms with van der Waals surface area (Å²) in [6.45, 7) is 2.14. The Kier molecular flexibility index (Phi) is 6.37. The quantitative estimate of drug-likeness (QED) is 0.468. The van der Waals surface area contributed by atoms with Gasteiger partial charge in [0, 0.05) is 35.9 Å². The minimum Gasteiger partial charge on any atom is -0.351 e. The molecular weight excluding hydrogens is 426 g/mol. The molecule has 1 aliphatic heterocycles. The topological polar surface area (TPSA) is 53.9 Å². The lowest BCUT2D eigenvalue weighted by Gasteiger charge is -2.25. The summed E-state index contributed by atoms with van der Waals surface area (Å²) < 4.78 is 0. The summed E-state index contributed by atoms with van der Waals surface area (Å²) in [6, 6.07) is 10.4. The first-order chi connectivity index (χ1) is 15.3. The highest BCUT2D eigenvalue weighted by Crippen LogP contribution is 2.41. The fourth-order valence-corrected chi connectivity index (χ4v) is 5.82. The van der Waals surface area contributed by atoms with Gasteiger partial charge in [-0.15, -0.1) is 0 Å². The minimum atomic E-state index is 0.474. The Hall–Kier alpha value is -2.18. The Morgan fingerprint density at radius 1 is 0.968 bits per heavy atom. The number of hydrogen-bond donors (Lipinski definition) is 1. The molecule has 1 aromatic carbocycles. The van der Waals surface area contributed by atoms with Crippen molar-refractivity contribution in [2.24, 2.45) is 0 Å². The summed E-state index contributed by atoms with van der Waals surface area (Å²) in [5.74, 6) is 0.717. The van der Waals surface area contributed by atoms with Crippen LogP contribution in [-0.2, 0) is 0 Å². The van der Waals surface area contributed by atoms with Gasteiger partial charge in [-0.25, -0.2) is 15.0 Å². The van der Waals surface area contributed by atoms with Crippen molar-refractivity contribution in [2.45, 2.75) is 57.4 Å². The minimum absolute atomic E-state index is 0.474. The molecule has 0 bridgehead atoms. The van der Waals surface area contributed by atoms with Crippen molar-refractivity contribution in [1.29, 1.82) is 0 Å². The second kappa shape index (κ2) is 9.53. The SMILES string of the molecule is Clc1cccc(-c2nc(N3CCCCC3)sc2-c2ccnc(NC3CCCCC3)n2)c1.